The van der Waals surface area contributed by atoms with Gasteiger partial charge in [0.15, 0.2) is 0 Å². The van der Waals surface area contributed by atoms with E-state index in [9.17, 15) is 9.59 Å². The molecule has 8 heteroatoms. The van der Waals surface area contributed by atoms with Crippen LogP contribution in [0, 0.1) is 0 Å². The van der Waals surface area contributed by atoms with Crippen LogP contribution in [0.2, 0.25) is 0 Å². The second-order valence-corrected chi connectivity index (χ2v) is 6.90. The number of rotatable bonds is 5. The monoisotopic (exact) mass is 372 g/mol. The molecule has 0 bridgehead atoms. The molecule has 0 saturated heterocycles. The maximum Gasteiger partial charge on any atom is 0.408 e. The number of fused-ring (bicyclic) bond motifs is 1. The zero-order chi connectivity index (χ0) is 20.0. The van der Waals surface area contributed by atoms with E-state index in [2.05, 4.69) is 20.8 Å². The molecule has 0 radical (unpaired) electrons. The van der Waals surface area contributed by atoms with Crippen molar-refractivity contribution in [3.63, 3.8) is 0 Å². The second-order valence-electron chi connectivity index (χ2n) is 6.90. The van der Waals surface area contributed by atoms with Gasteiger partial charge in [-0.15, -0.1) is 0 Å². The summed E-state index contributed by atoms with van der Waals surface area (Å²) in [5.41, 5.74) is 3.10. The number of aromatic nitrogens is 1. The highest BCUT2D eigenvalue weighted by Crippen LogP contribution is 2.19. The second kappa shape index (κ2) is 8.48. The summed E-state index contributed by atoms with van der Waals surface area (Å²) >= 11 is 0. The van der Waals surface area contributed by atoms with Crippen molar-refractivity contribution < 1.29 is 19.1 Å². The van der Waals surface area contributed by atoms with E-state index in [1.807, 2.05) is 24.3 Å². The molecule has 2 N–H and O–H groups in total. The minimum atomic E-state index is -0.797. The van der Waals surface area contributed by atoms with Gasteiger partial charge in [0.05, 0.1) is 24.5 Å². The summed E-state index contributed by atoms with van der Waals surface area (Å²) in [7, 11) is 1.61. The van der Waals surface area contributed by atoms with Crippen LogP contribution in [0.5, 0.6) is 5.75 Å². The Morgan fingerprint density at radius 2 is 1.96 bits per heavy atom. The Hall–Kier alpha value is -3.16. The lowest BCUT2D eigenvalue weighted by atomic mass is 10.2. The smallest absolute Gasteiger partial charge is 0.408 e. The van der Waals surface area contributed by atoms with Crippen molar-refractivity contribution in [1.29, 1.82) is 0 Å². The molecule has 1 aromatic carbocycles. The first kappa shape index (κ1) is 20.2. The molecule has 1 heterocycles. The number of carbonyl (C=O) groups is 2. The Morgan fingerprint density at radius 1 is 1.22 bits per heavy atom. The first-order valence-electron chi connectivity index (χ1n) is 8.45. The molecule has 0 aliphatic carbocycles. The number of nitrogens with zero attached hydrogens (tertiary/aromatic N) is 2. The molecule has 0 unspecified atom stereocenters. The normalized spacial score (nSPS) is 12.6. The first-order valence-corrected chi connectivity index (χ1v) is 8.45. The van der Waals surface area contributed by atoms with Gasteiger partial charge in [0.25, 0.3) is 5.91 Å². The Morgan fingerprint density at radius 3 is 2.63 bits per heavy atom. The Labute approximate surface area is 157 Å². The molecule has 27 heavy (non-hydrogen) atoms. The van der Waals surface area contributed by atoms with Gasteiger partial charge in [-0.1, -0.05) is 6.07 Å². The summed E-state index contributed by atoms with van der Waals surface area (Å²) < 4.78 is 10.3. The molecule has 0 aliphatic heterocycles. The van der Waals surface area contributed by atoms with Crippen molar-refractivity contribution >= 4 is 29.1 Å². The molecule has 1 atom stereocenters. The zero-order valence-corrected chi connectivity index (χ0v) is 16.1. The van der Waals surface area contributed by atoms with Gasteiger partial charge < -0.3 is 14.8 Å². The molecular weight excluding hydrogens is 348 g/mol. The summed E-state index contributed by atoms with van der Waals surface area (Å²) in [6, 6.07) is 8.42. The van der Waals surface area contributed by atoms with Gasteiger partial charge >= 0.3 is 6.09 Å². The predicted molar refractivity (Wildman–Crippen MR) is 103 cm³/mol. The van der Waals surface area contributed by atoms with Gasteiger partial charge in [-0.25, -0.2) is 15.2 Å². The Balaban J connectivity index is 1.93. The molecule has 144 valence electrons. The van der Waals surface area contributed by atoms with Gasteiger partial charge in [0.2, 0.25) is 0 Å². The lowest BCUT2D eigenvalue weighted by molar-refractivity contribution is -0.122. The molecular formula is C19H24N4O4. The number of alkyl carbamates (subject to hydrolysis) is 1. The lowest BCUT2D eigenvalue weighted by Crippen LogP contribution is -2.45. The van der Waals surface area contributed by atoms with E-state index in [1.165, 1.54) is 13.1 Å². The third-order valence-corrected chi connectivity index (χ3v) is 3.42. The van der Waals surface area contributed by atoms with Crippen LogP contribution in [0.3, 0.4) is 0 Å². The maximum absolute atomic E-state index is 12.0. The number of ether oxygens (including phenoxy) is 2. The molecule has 8 nitrogen and oxygen atoms in total. The molecule has 0 saturated carbocycles. The fourth-order valence-corrected chi connectivity index (χ4v) is 2.13. The van der Waals surface area contributed by atoms with E-state index in [1.54, 1.807) is 33.9 Å². The quantitative estimate of drug-likeness (QED) is 0.620. The fourth-order valence-electron chi connectivity index (χ4n) is 2.13. The molecule has 2 amide bonds. The Kier molecular flexibility index (Phi) is 6.33. The standard InChI is InChI=1S/C19H24N4O4/c1-12(21-18(25)27-19(2,3)4)17(24)23-20-11-14-7-6-13-10-15(26-5)8-9-16(13)22-14/h6-12H,1-5H3,(H,21,25)(H,23,24)/b20-11-/t12-/m0/s1. The van der Waals surface area contributed by atoms with E-state index in [4.69, 9.17) is 9.47 Å². The van der Waals surface area contributed by atoms with Crippen LogP contribution in [-0.4, -0.2) is 42.0 Å². The third kappa shape index (κ3) is 6.25. The highest BCUT2D eigenvalue weighted by Gasteiger charge is 2.20. The van der Waals surface area contributed by atoms with E-state index < -0.39 is 23.6 Å². The number of pyridine rings is 1. The molecule has 2 rings (SSSR count). The van der Waals surface area contributed by atoms with Crippen molar-refractivity contribution in [3.05, 3.63) is 36.0 Å². The lowest BCUT2D eigenvalue weighted by Gasteiger charge is -2.21. The SMILES string of the molecule is COc1ccc2nc(/C=N\NC(=O)[C@H](C)NC(=O)OC(C)(C)C)ccc2c1. The van der Waals surface area contributed by atoms with Gasteiger partial charge in [-0.3, -0.25) is 4.79 Å². The molecule has 0 spiro atoms. The van der Waals surface area contributed by atoms with Gasteiger partial charge in [0, 0.05) is 5.39 Å². The van der Waals surface area contributed by atoms with Gasteiger partial charge in [0.1, 0.15) is 17.4 Å². The minimum absolute atomic E-state index is 0.470. The van der Waals surface area contributed by atoms with E-state index in [0.717, 1.165) is 16.7 Å². The molecule has 1 aromatic heterocycles. The predicted octanol–water partition coefficient (Wildman–Crippen LogP) is 2.61. The molecule has 0 fully saturated rings. The van der Waals surface area contributed by atoms with E-state index in [-0.39, 0.29) is 0 Å². The summed E-state index contributed by atoms with van der Waals surface area (Å²) in [6.45, 7) is 6.77. The minimum Gasteiger partial charge on any atom is -0.497 e. The van der Waals surface area contributed by atoms with Crippen molar-refractivity contribution in [2.75, 3.05) is 7.11 Å². The topological polar surface area (TPSA) is 102 Å². The van der Waals surface area contributed by atoms with Crippen molar-refractivity contribution in [2.45, 2.75) is 39.3 Å². The number of hydrazone groups is 1. The van der Waals surface area contributed by atoms with Gasteiger partial charge in [-0.05, 0) is 52.0 Å². The summed E-state index contributed by atoms with van der Waals surface area (Å²) in [5, 5.41) is 7.26. The third-order valence-electron chi connectivity index (χ3n) is 3.42. The summed E-state index contributed by atoms with van der Waals surface area (Å²) in [4.78, 5) is 28.1. The fraction of sp³-hybridized carbons (Fsp3) is 0.368. The van der Waals surface area contributed by atoms with Crippen LogP contribution < -0.4 is 15.5 Å². The largest absolute Gasteiger partial charge is 0.497 e. The van der Waals surface area contributed by atoms with Gasteiger partial charge in [-0.2, -0.15) is 5.10 Å². The van der Waals surface area contributed by atoms with Crippen LogP contribution in [0.4, 0.5) is 4.79 Å². The highest BCUT2D eigenvalue weighted by atomic mass is 16.6. The molecule has 2 aromatic rings. The highest BCUT2D eigenvalue weighted by molar-refractivity contribution is 5.88. The number of hydrogen-bond donors (Lipinski definition) is 2. The van der Waals surface area contributed by atoms with Crippen molar-refractivity contribution in [3.8, 4) is 5.75 Å². The molecule has 0 aliphatic rings. The number of hydrogen-bond acceptors (Lipinski definition) is 6. The van der Waals surface area contributed by atoms with Crippen LogP contribution in [-0.2, 0) is 9.53 Å². The van der Waals surface area contributed by atoms with E-state index >= 15 is 0 Å². The number of methoxy groups -OCH3 is 1. The van der Waals surface area contributed by atoms with Crippen molar-refractivity contribution in [1.82, 2.24) is 15.7 Å². The van der Waals surface area contributed by atoms with Crippen molar-refractivity contribution in [2.24, 2.45) is 5.10 Å². The van der Waals surface area contributed by atoms with E-state index in [0.29, 0.717) is 5.69 Å². The number of carbonyl (C=O) groups excluding carboxylic acids is 2. The number of benzene rings is 1. The van der Waals surface area contributed by atoms with Crippen LogP contribution >= 0.6 is 0 Å². The Bertz CT molecular complexity index is 858. The van der Waals surface area contributed by atoms with Crippen LogP contribution in [0.25, 0.3) is 10.9 Å². The average Bonchev–Trinajstić information content (AvgIpc) is 2.59. The zero-order valence-electron chi connectivity index (χ0n) is 16.1. The van der Waals surface area contributed by atoms with Crippen LogP contribution in [0.1, 0.15) is 33.4 Å². The summed E-state index contributed by atoms with van der Waals surface area (Å²) in [5.74, 6) is 0.284. The maximum atomic E-state index is 12.0. The first-order chi connectivity index (χ1) is 12.7. The number of amides is 2. The summed E-state index contributed by atoms with van der Waals surface area (Å²) in [6.07, 6.45) is 0.766. The average molecular weight is 372 g/mol. The number of nitrogens with one attached hydrogen (secondary N) is 2. The van der Waals surface area contributed by atoms with Crippen LogP contribution in [0.15, 0.2) is 35.4 Å².